The van der Waals surface area contributed by atoms with Crippen LogP contribution in [0.2, 0.25) is 0 Å². The Morgan fingerprint density at radius 3 is 2.90 bits per heavy atom. The van der Waals surface area contributed by atoms with Crippen molar-refractivity contribution in [1.29, 1.82) is 0 Å². The van der Waals surface area contributed by atoms with E-state index in [1.807, 2.05) is 55.6 Å². The summed E-state index contributed by atoms with van der Waals surface area (Å²) in [6.45, 7) is 8.13. The van der Waals surface area contributed by atoms with Crippen LogP contribution in [-0.4, -0.2) is 33.9 Å². The number of para-hydroxylation sites is 1. The fraction of sp³-hybridized carbons (Fsp3) is 0.227. The van der Waals surface area contributed by atoms with Gasteiger partial charge in [0.1, 0.15) is 12.4 Å². The number of hydrogen-bond acceptors (Lipinski definition) is 4. The molecular weight excluding hydrogens is 364 g/mol. The lowest BCUT2D eigenvalue weighted by Crippen LogP contribution is -2.36. The number of hydrogen-bond donors (Lipinski definition) is 2. The van der Waals surface area contributed by atoms with Crippen molar-refractivity contribution in [1.82, 2.24) is 25.4 Å². The van der Waals surface area contributed by atoms with Gasteiger partial charge in [-0.05, 0) is 36.8 Å². The monoisotopic (exact) mass is 390 g/mol. The Hall–Kier alpha value is -3.61. The molecule has 29 heavy (non-hydrogen) atoms. The zero-order valence-electron chi connectivity index (χ0n) is 16.6. The van der Waals surface area contributed by atoms with Crippen LogP contribution in [0.15, 0.2) is 78.7 Å². The van der Waals surface area contributed by atoms with E-state index in [4.69, 9.17) is 9.73 Å². The van der Waals surface area contributed by atoms with Gasteiger partial charge in [0.05, 0.1) is 6.54 Å². The normalized spacial score (nSPS) is 11.1. The minimum Gasteiger partial charge on any atom is -0.489 e. The van der Waals surface area contributed by atoms with Crippen LogP contribution in [-0.2, 0) is 13.1 Å². The van der Waals surface area contributed by atoms with Crippen molar-refractivity contribution in [2.24, 2.45) is 4.99 Å². The van der Waals surface area contributed by atoms with E-state index in [1.54, 1.807) is 23.2 Å². The van der Waals surface area contributed by atoms with Crippen LogP contribution in [0.1, 0.15) is 18.1 Å². The van der Waals surface area contributed by atoms with E-state index >= 15 is 0 Å². The number of nitrogens with zero attached hydrogens (tertiary/aromatic N) is 4. The first-order valence-electron chi connectivity index (χ1n) is 9.59. The molecule has 0 unspecified atom stereocenters. The Morgan fingerprint density at radius 1 is 1.21 bits per heavy atom. The lowest BCUT2D eigenvalue weighted by Gasteiger charge is -2.14. The second kappa shape index (κ2) is 10.7. The standard InChI is InChI=1S/C22H26N6O/c1-3-14-29-20-9-6-5-8-19(20)17-26-22(23-4-2)25-16-18-10-12-24-21(15-18)28-13-7-11-27-28/h3,5-13,15H,1,4,14,16-17H2,2H3,(H2,23,25,26). The van der Waals surface area contributed by atoms with E-state index in [0.717, 1.165) is 35.2 Å². The van der Waals surface area contributed by atoms with Crippen LogP contribution in [0.3, 0.4) is 0 Å². The Kier molecular flexibility index (Phi) is 7.40. The van der Waals surface area contributed by atoms with Crippen LogP contribution in [0, 0.1) is 0 Å². The summed E-state index contributed by atoms with van der Waals surface area (Å²) in [6.07, 6.45) is 7.11. The first-order chi connectivity index (χ1) is 14.3. The van der Waals surface area contributed by atoms with Crippen molar-refractivity contribution in [3.63, 3.8) is 0 Å². The highest BCUT2D eigenvalue weighted by Crippen LogP contribution is 2.17. The molecule has 0 atom stereocenters. The molecule has 0 aliphatic heterocycles. The predicted molar refractivity (Wildman–Crippen MR) is 115 cm³/mol. The maximum Gasteiger partial charge on any atom is 0.191 e. The lowest BCUT2D eigenvalue weighted by atomic mass is 10.2. The van der Waals surface area contributed by atoms with E-state index in [-0.39, 0.29) is 0 Å². The largest absolute Gasteiger partial charge is 0.489 e. The van der Waals surface area contributed by atoms with Gasteiger partial charge in [-0.25, -0.2) is 14.7 Å². The number of aromatic nitrogens is 3. The highest BCUT2D eigenvalue weighted by atomic mass is 16.5. The van der Waals surface area contributed by atoms with Crippen LogP contribution in [0.5, 0.6) is 5.75 Å². The Balaban J connectivity index is 1.66. The van der Waals surface area contributed by atoms with Crippen molar-refractivity contribution in [2.75, 3.05) is 13.2 Å². The van der Waals surface area contributed by atoms with E-state index < -0.39 is 0 Å². The van der Waals surface area contributed by atoms with E-state index in [9.17, 15) is 0 Å². The molecule has 150 valence electrons. The van der Waals surface area contributed by atoms with Gasteiger partial charge in [-0.15, -0.1) is 0 Å². The van der Waals surface area contributed by atoms with Gasteiger partial charge in [-0.3, -0.25) is 0 Å². The third kappa shape index (κ3) is 5.93. The number of aliphatic imine (C=N–C) groups is 1. The summed E-state index contributed by atoms with van der Waals surface area (Å²) in [4.78, 5) is 9.05. The zero-order valence-corrected chi connectivity index (χ0v) is 16.6. The molecule has 0 saturated carbocycles. The molecule has 0 saturated heterocycles. The van der Waals surface area contributed by atoms with Crippen molar-refractivity contribution < 1.29 is 4.74 Å². The number of nitrogens with one attached hydrogen (secondary N) is 2. The zero-order chi connectivity index (χ0) is 20.3. The second-order valence-corrected chi connectivity index (χ2v) is 6.23. The van der Waals surface area contributed by atoms with Crippen molar-refractivity contribution >= 4 is 5.96 Å². The van der Waals surface area contributed by atoms with Crippen LogP contribution >= 0.6 is 0 Å². The van der Waals surface area contributed by atoms with Gasteiger partial charge >= 0.3 is 0 Å². The molecule has 1 aromatic carbocycles. The summed E-state index contributed by atoms with van der Waals surface area (Å²) in [6, 6.07) is 13.8. The average Bonchev–Trinajstić information content (AvgIpc) is 3.30. The summed E-state index contributed by atoms with van der Waals surface area (Å²) < 4.78 is 7.46. The fourth-order valence-electron chi connectivity index (χ4n) is 2.72. The summed E-state index contributed by atoms with van der Waals surface area (Å²) in [5.41, 5.74) is 2.11. The fourth-order valence-corrected chi connectivity index (χ4v) is 2.72. The van der Waals surface area contributed by atoms with Crippen molar-refractivity contribution in [3.8, 4) is 11.6 Å². The summed E-state index contributed by atoms with van der Waals surface area (Å²) in [7, 11) is 0. The van der Waals surface area contributed by atoms with Gasteiger partial charge < -0.3 is 15.4 Å². The Labute approximate surface area is 171 Å². The van der Waals surface area contributed by atoms with E-state index in [1.165, 1.54) is 0 Å². The quantitative estimate of drug-likeness (QED) is 0.334. The maximum atomic E-state index is 5.72. The SMILES string of the molecule is C=CCOc1ccccc1CNC(=NCc1ccnc(-n2cccn2)c1)NCC. The topological polar surface area (TPSA) is 76.4 Å². The highest BCUT2D eigenvalue weighted by Gasteiger charge is 2.05. The third-order valence-corrected chi connectivity index (χ3v) is 4.09. The molecule has 2 N–H and O–H groups in total. The summed E-state index contributed by atoms with van der Waals surface area (Å²) in [5, 5.41) is 10.9. The Bertz CT molecular complexity index is 936. The van der Waals surface area contributed by atoms with Crippen molar-refractivity contribution in [2.45, 2.75) is 20.0 Å². The summed E-state index contributed by atoms with van der Waals surface area (Å²) in [5.74, 6) is 2.35. The molecule has 0 bridgehead atoms. The molecule has 7 nitrogen and oxygen atoms in total. The first kappa shape index (κ1) is 20.1. The predicted octanol–water partition coefficient (Wildman–Crippen LogP) is 3.09. The molecule has 3 rings (SSSR count). The third-order valence-electron chi connectivity index (χ3n) is 4.09. The van der Waals surface area contributed by atoms with Crippen LogP contribution in [0.25, 0.3) is 5.82 Å². The molecule has 0 spiro atoms. The lowest BCUT2D eigenvalue weighted by molar-refractivity contribution is 0.358. The average molecular weight is 390 g/mol. The molecular formula is C22H26N6O. The van der Waals surface area contributed by atoms with Crippen molar-refractivity contribution in [3.05, 3.63) is 84.8 Å². The van der Waals surface area contributed by atoms with E-state index in [2.05, 4.69) is 27.3 Å². The van der Waals surface area contributed by atoms with Gasteiger partial charge in [-0.1, -0.05) is 30.9 Å². The molecule has 2 aromatic heterocycles. The van der Waals surface area contributed by atoms with Gasteiger partial charge in [-0.2, -0.15) is 5.10 Å². The number of rotatable bonds is 9. The molecule has 0 aliphatic carbocycles. The van der Waals surface area contributed by atoms with Gasteiger partial charge in [0, 0.05) is 37.2 Å². The Morgan fingerprint density at radius 2 is 2.10 bits per heavy atom. The van der Waals surface area contributed by atoms with Crippen LogP contribution < -0.4 is 15.4 Å². The second-order valence-electron chi connectivity index (χ2n) is 6.23. The number of guanidine groups is 1. The maximum absolute atomic E-state index is 5.72. The first-order valence-corrected chi connectivity index (χ1v) is 9.59. The smallest absolute Gasteiger partial charge is 0.191 e. The molecule has 0 radical (unpaired) electrons. The molecule has 0 aliphatic rings. The summed E-state index contributed by atoms with van der Waals surface area (Å²) >= 11 is 0. The number of benzene rings is 1. The molecule has 3 aromatic rings. The van der Waals surface area contributed by atoms with Gasteiger partial charge in [0.2, 0.25) is 0 Å². The van der Waals surface area contributed by atoms with Crippen LogP contribution in [0.4, 0.5) is 0 Å². The molecule has 7 heteroatoms. The minimum absolute atomic E-state index is 0.478. The molecule has 2 heterocycles. The minimum atomic E-state index is 0.478. The van der Waals surface area contributed by atoms with Gasteiger partial charge in [0.25, 0.3) is 0 Å². The molecule has 0 fully saturated rings. The van der Waals surface area contributed by atoms with Gasteiger partial charge in [0.15, 0.2) is 11.8 Å². The number of ether oxygens (including phenoxy) is 1. The highest BCUT2D eigenvalue weighted by molar-refractivity contribution is 5.79. The van der Waals surface area contributed by atoms with E-state index in [0.29, 0.717) is 19.7 Å². The molecule has 0 amide bonds. The number of pyridine rings is 1.